The summed E-state index contributed by atoms with van der Waals surface area (Å²) < 4.78 is 6.71. The van der Waals surface area contributed by atoms with Crippen molar-refractivity contribution in [1.29, 1.82) is 0 Å². The highest BCUT2D eigenvalue weighted by Gasteiger charge is 2.24. The van der Waals surface area contributed by atoms with Gasteiger partial charge in [0.25, 0.3) is 0 Å². The second kappa shape index (κ2) is 6.27. The van der Waals surface area contributed by atoms with Gasteiger partial charge in [-0.1, -0.05) is 29.4 Å². The lowest BCUT2D eigenvalue weighted by Crippen LogP contribution is -2.35. The van der Waals surface area contributed by atoms with Crippen molar-refractivity contribution in [3.8, 4) is 11.4 Å². The molecule has 0 bridgehead atoms. The SMILES string of the molecule is O=C(NCc1ccc(-c2ncon2)cc1)C1CCn2nccc2C1. The number of nitrogens with zero attached hydrogens (tertiary/aromatic N) is 4. The van der Waals surface area contributed by atoms with Crippen molar-refractivity contribution >= 4 is 5.91 Å². The van der Waals surface area contributed by atoms with Crippen molar-refractivity contribution in [1.82, 2.24) is 25.2 Å². The largest absolute Gasteiger partial charge is 0.352 e. The van der Waals surface area contributed by atoms with Gasteiger partial charge in [0.2, 0.25) is 18.1 Å². The fraction of sp³-hybridized carbons (Fsp3) is 0.294. The van der Waals surface area contributed by atoms with Crippen LogP contribution in [0.1, 0.15) is 17.7 Å². The first-order valence-electron chi connectivity index (χ1n) is 7.94. The Morgan fingerprint density at radius 1 is 1.29 bits per heavy atom. The molecule has 1 atom stereocenters. The zero-order valence-electron chi connectivity index (χ0n) is 13.1. The van der Waals surface area contributed by atoms with Crippen molar-refractivity contribution in [2.24, 2.45) is 5.92 Å². The first-order valence-corrected chi connectivity index (χ1v) is 7.94. The molecular formula is C17H17N5O2. The Bertz CT molecular complexity index is 823. The minimum absolute atomic E-state index is 0.0211. The number of hydrogen-bond acceptors (Lipinski definition) is 5. The maximum Gasteiger partial charge on any atom is 0.223 e. The van der Waals surface area contributed by atoms with Crippen molar-refractivity contribution in [2.45, 2.75) is 25.9 Å². The molecule has 2 aromatic heterocycles. The summed E-state index contributed by atoms with van der Waals surface area (Å²) in [4.78, 5) is 16.4. The molecule has 1 aliphatic heterocycles. The molecule has 1 aliphatic rings. The van der Waals surface area contributed by atoms with E-state index in [1.54, 1.807) is 6.20 Å². The maximum absolute atomic E-state index is 12.4. The summed E-state index contributed by atoms with van der Waals surface area (Å²) in [5, 5.41) is 11.1. The van der Waals surface area contributed by atoms with Crippen LogP contribution in [0.3, 0.4) is 0 Å². The van der Waals surface area contributed by atoms with E-state index >= 15 is 0 Å². The molecular weight excluding hydrogens is 306 g/mol. The number of aryl methyl sites for hydroxylation is 1. The van der Waals surface area contributed by atoms with E-state index in [1.165, 1.54) is 6.39 Å². The van der Waals surface area contributed by atoms with Crippen LogP contribution in [0.25, 0.3) is 11.4 Å². The summed E-state index contributed by atoms with van der Waals surface area (Å²) in [5.74, 6) is 0.682. The Kier molecular flexibility index (Phi) is 3.82. The van der Waals surface area contributed by atoms with Gasteiger partial charge in [-0.05, 0) is 18.1 Å². The van der Waals surface area contributed by atoms with Crippen molar-refractivity contribution in [3.05, 3.63) is 54.2 Å². The summed E-state index contributed by atoms with van der Waals surface area (Å²) in [7, 11) is 0. The van der Waals surface area contributed by atoms with Crippen LogP contribution < -0.4 is 5.32 Å². The van der Waals surface area contributed by atoms with Crippen LogP contribution >= 0.6 is 0 Å². The van der Waals surface area contributed by atoms with Crippen LogP contribution in [0.4, 0.5) is 0 Å². The summed E-state index contributed by atoms with van der Waals surface area (Å²) in [6.45, 7) is 1.32. The van der Waals surface area contributed by atoms with Crippen LogP contribution in [0.2, 0.25) is 0 Å². The Morgan fingerprint density at radius 2 is 2.17 bits per heavy atom. The molecule has 0 saturated heterocycles. The molecule has 122 valence electrons. The van der Waals surface area contributed by atoms with Crippen LogP contribution in [0.5, 0.6) is 0 Å². The van der Waals surface area contributed by atoms with Gasteiger partial charge >= 0.3 is 0 Å². The summed E-state index contributed by atoms with van der Waals surface area (Å²) in [5.41, 5.74) is 3.06. The average Bonchev–Trinajstić information content (AvgIpc) is 3.30. The van der Waals surface area contributed by atoms with E-state index in [9.17, 15) is 4.79 Å². The summed E-state index contributed by atoms with van der Waals surface area (Å²) >= 11 is 0. The van der Waals surface area contributed by atoms with Crippen LogP contribution in [0, 0.1) is 5.92 Å². The fourth-order valence-corrected chi connectivity index (χ4v) is 2.99. The Labute approximate surface area is 138 Å². The molecule has 4 rings (SSSR count). The molecule has 3 heterocycles. The van der Waals surface area contributed by atoms with Gasteiger partial charge in [-0.15, -0.1) is 0 Å². The molecule has 1 aromatic carbocycles. The molecule has 7 nitrogen and oxygen atoms in total. The lowest BCUT2D eigenvalue weighted by atomic mass is 9.95. The highest BCUT2D eigenvalue weighted by atomic mass is 16.5. The second-order valence-corrected chi connectivity index (χ2v) is 5.90. The van der Waals surface area contributed by atoms with E-state index in [4.69, 9.17) is 4.52 Å². The van der Waals surface area contributed by atoms with Crippen LogP contribution in [0.15, 0.2) is 47.4 Å². The zero-order valence-corrected chi connectivity index (χ0v) is 13.1. The predicted molar refractivity (Wildman–Crippen MR) is 85.6 cm³/mol. The van der Waals surface area contributed by atoms with Gasteiger partial charge in [0.05, 0.1) is 0 Å². The van der Waals surface area contributed by atoms with Crippen molar-refractivity contribution in [3.63, 3.8) is 0 Å². The smallest absolute Gasteiger partial charge is 0.223 e. The third kappa shape index (κ3) is 2.92. The molecule has 24 heavy (non-hydrogen) atoms. The molecule has 0 spiro atoms. The molecule has 0 aliphatic carbocycles. The quantitative estimate of drug-likeness (QED) is 0.791. The van der Waals surface area contributed by atoms with E-state index in [0.717, 1.165) is 36.2 Å². The van der Waals surface area contributed by atoms with Crippen LogP contribution in [-0.4, -0.2) is 25.8 Å². The number of amides is 1. The number of nitrogens with one attached hydrogen (secondary N) is 1. The summed E-state index contributed by atoms with van der Waals surface area (Å²) in [6, 6.07) is 9.75. The van der Waals surface area contributed by atoms with Gasteiger partial charge in [0.15, 0.2) is 0 Å². The molecule has 0 fully saturated rings. The maximum atomic E-state index is 12.4. The molecule has 7 heteroatoms. The monoisotopic (exact) mass is 323 g/mol. The number of benzene rings is 1. The van der Waals surface area contributed by atoms with Crippen molar-refractivity contribution in [2.75, 3.05) is 0 Å². The first kappa shape index (κ1) is 14.6. The topological polar surface area (TPSA) is 85.8 Å². The van der Waals surface area contributed by atoms with E-state index in [1.807, 2.05) is 35.0 Å². The molecule has 0 radical (unpaired) electrons. The second-order valence-electron chi connectivity index (χ2n) is 5.90. The predicted octanol–water partition coefficient (Wildman–Crippen LogP) is 1.81. The van der Waals surface area contributed by atoms with Gasteiger partial charge in [-0.25, -0.2) is 0 Å². The van der Waals surface area contributed by atoms with E-state index in [-0.39, 0.29) is 11.8 Å². The van der Waals surface area contributed by atoms with Gasteiger partial charge in [0.1, 0.15) is 0 Å². The van der Waals surface area contributed by atoms with E-state index < -0.39 is 0 Å². The standard InChI is InChI=1S/C17H17N5O2/c23-17(14-6-8-22-15(9-14)5-7-20-22)18-10-12-1-3-13(4-2-12)16-19-11-24-21-16/h1-5,7,11,14H,6,8-10H2,(H,18,23). The Morgan fingerprint density at radius 3 is 2.96 bits per heavy atom. The zero-order chi connectivity index (χ0) is 16.4. The summed E-state index contributed by atoms with van der Waals surface area (Å²) in [6.07, 6.45) is 4.68. The van der Waals surface area contributed by atoms with Gasteiger partial charge in [-0.3, -0.25) is 9.48 Å². The fourth-order valence-electron chi connectivity index (χ4n) is 2.99. The third-order valence-corrected chi connectivity index (χ3v) is 4.36. The third-order valence-electron chi connectivity index (χ3n) is 4.36. The number of hydrogen-bond donors (Lipinski definition) is 1. The minimum atomic E-state index is 0.0211. The molecule has 1 N–H and O–H groups in total. The van der Waals surface area contributed by atoms with Gasteiger partial charge in [-0.2, -0.15) is 10.1 Å². The lowest BCUT2D eigenvalue weighted by molar-refractivity contribution is -0.125. The van der Waals surface area contributed by atoms with Gasteiger partial charge in [0, 0.05) is 42.9 Å². The van der Waals surface area contributed by atoms with Crippen LogP contribution in [-0.2, 0) is 24.3 Å². The molecule has 3 aromatic rings. The molecule has 1 amide bonds. The van der Waals surface area contributed by atoms with Gasteiger partial charge < -0.3 is 9.84 Å². The van der Waals surface area contributed by atoms with E-state index in [2.05, 4.69) is 20.6 Å². The first-order chi connectivity index (χ1) is 11.8. The lowest BCUT2D eigenvalue weighted by Gasteiger charge is -2.22. The highest BCUT2D eigenvalue weighted by Crippen LogP contribution is 2.20. The number of carbonyl (C=O) groups is 1. The molecule has 0 saturated carbocycles. The number of fused-ring (bicyclic) bond motifs is 1. The van der Waals surface area contributed by atoms with Crippen molar-refractivity contribution < 1.29 is 9.32 Å². The molecule has 1 unspecified atom stereocenters. The number of aromatic nitrogens is 4. The number of rotatable bonds is 4. The average molecular weight is 323 g/mol. The Hall–Kier alpha value is -2.96. The highest BCUT2D eigenvalue weighted by molar-refractivity contribution is 5.79. The minimum Gasteiger partial charge on any atom is -0.352 e. The van der Waals surface area contributed by atoms with E-state index in [0.29, 0.717) is 12.4 Å². The number of carbonyl (C=O) groups excluding carboxylic acids is 1. The normalized spacial score (nSPS) is 16.6. The Balaban J connectivity index is 1.34.